The van der Waals surface area contributed by atoms with Crippen LogP contribution in [-0.4, -0.2) is 26.7 Å². The molecule has 1 aromatic carbocycles. The summed E-state index contributed by atoms with van der Waals surface area (Å²) in [5.41, 5.74) is 1.85. The van der Waals surface area contributed by atoms with Crippen LogP contribution >= 0.6 is 15.9 Å². The van der Waals surface area contributed by atoms with E-state index in [0.717, 1.165) is 15.7 Å². The first-order valence-corrected chi connectivity index (χ1v) is 6.28. The molecule has 5 heteroatoms. The van der Waals surface area contributed by atoms with Crippen molar-refractivity contribution in [3.8, 4) is 0 Å². The minimum Gasteiger partial charge on any atom is -0.499 e. The van der Waals surface area contributed by atoms with Crippen molar-refractivity contribution in [1.82, 2.24) is 0 Å². The standard InChI is InChI=1S/C13H14BrNO3/c1-17-8-9-5-10(3-4-12(9)14)15-7-11(18-2)6-13(15)16/h3-6H,7-8H2,1-2H3. The van der Waals surface area contributed by atoms with Crippen molar-refractivity contribution in [3.05, 3.63) is 40.1 Å². The number of hydrogen-bond acceptors (Lipinski definition) is 3. The van der Waals surface area contributed by atoms with Crippen LogP contribution in [-0.2, 0) is 20.9 Å². The molecule has 1 aromatic rings. The third kappa shape index (κ3) is 2.57. The van der Waals surface area contributed by atoms with Crippen LogP contribution in [0.2, 0.25) is 0 Å². The van der Waals surface area contributed by atoms with Crippen LogP contribution in [0.15, 0.2) is 34.5 Å². The predicted molar refractivity (Wildman–Crippen MR) is 72.3 cm³/mol. The summed E-state index contributed by atoms with van der Waals surface area (Å²) in [7, 11) is 3.21. The summed E-state index contributed by atoms with van der Waals surface area (Å²) in [4.78, 5) is 13.5. The van der Waals surface area contributed by atoms with Crippen LogP contribution in [0, 0.1) is 0 Å². The minimum atomic E-state index is -0.0578. The van der Waals surface area contributed by atoms with E-state index >= 15 is 0 Å². The van der Waals surface area contributed by atoms with Crippen LogP contribution in [0.1, 0.15) is 5.56 Å². The minimum absolute atomic E-state index is 0.0578. The van der Waals surface area contributed by atoms with Crippen molar-refractivity contribution in [2.75, 3.05) is 25.7 Å². The van der Waals surface area contributed by atoms with E-state index in [0.29, 0.717) is 18.9 Å². The molecule has 0 aromatic heterocycles. The van der Waals surface area contributed by atoms with Crippen molar-refractivity contribution < 1.29 is 14.3 Å². The molecule has 4 nitrogen and oxygen atoms in total. The van der Waals surface area contributed by atoms with Gasteiger partial charge in [0.25, 0.3) is 5.91 Å². The lowest BCUT2D eigenvalue weighted by molar-refractivity contribution is -0.113. The topological polar surface area (TPSA) is 38.8 Å². The first-order chi connectivity index (χ1) is 8.65. The number of nitrogens with zero attached hydrogens (tertiary/aromatic N) is 1. The van der Waals surface area contributed by atoms with E-state index in [2.05, 4.69) is 15.9 Å². The van der Waals surface area contributed by atoms with Crippen LogP contribution in [0.3, 0.4) is 0 Å². The van der Waals surface area contributed by atoms with Gasteiger partial charge in [0.15, 0.2) is 0 Å². The zero-order valence-electron chi connectivity index (χ0n) is 10.3. The van der Waals surface area contributed by atoms with Gasteiger partial charge in [0.1, 0.15) is 5.76 Å². The molecule has 0 N–H and O–H groups in total. The van der Waals surface area contributed by atoms with E-state index < -0.39 is 0 Å². The maximum atomic E-state index is 11.8. The second-order valence-corrected chi connectivity index (χ2v) is 4.80. The van der Waals surface area contributed by atoms with Gasteiger partial charge in [-0.25, -0.2) is 0 Å². The van der Waals surface area contributed by atoms with Gasteiger partial charge in [-0.1, -0.05) is 15.9 Å². The Labute approximate surface area is 114 Å². The number of halogens is 1. The van der Waals surface area contributed by atoms with Gasteiger partial charge in [-0.3, -0.25) is 4.79 Å². The Balaban J connectivity index is 2.25. The number of methoxy groups -OCH3 is 2. The molecule has 1 amide bonds. The van der Waals surface area contributed by atoms with E-state index in [4.69, 9.17) is 9.47 Å². The summed E-state index contributed by atoms with van der Waals surface area (Å²) in [5.74, 6) is 0.619. The number of amides is 1. The molecule has 1 aliphatic heterocycles. The van der Waals surface area contributed by atoms with E-state index in [1.807, 2.05) is 18.2 Å². The molecule has 18 heavy (non-hydrogen) atoms. The SMILES string of the molecule is COCc1cc(N2CC(OC)=CC2=O)ccc1Br. The molecule has 2 rings (SSSR count). The largest absolute Gasteiger partial charge is 0.499 e. The lowest BCUT2D eigenvalue weighted by Crippen LogP contribution is -2.25. The smallest absolute Gasteiger partial charge is 0.254 e. The summed E-state index contributed by atoms with van der Waals surface area (Å²) in [6, 6.07) is 5.76. The van der Waals surface area contributed by atoms with Crippen molar-refractivity contribution in [2.24, 2.45) is 0 Å². The van der Waals surface area contributed by atoms with Crippen molar-refractivity contribution in [1.29, 1.82) is 0 Å². The second-order valence-electron chi connectivity index (χ2n) is 3.95. The molecule has 1 aliphatic rings. The Kier molecular flexibility index (Phi) is 4.04. The number of anilines is 1. The zero-order valence-corrected chi connectivity index (χ0v) is 11.9. The molecule has 0 saturated carbocycles. The number of carbonyl (C=O) groups excluding carboxylic acids is 1. The molecule has 0 saturated heterocycles. The highest BCUT2D eigenvalue weighted by Crippen LogP contribution is 2.27. The van der Waals surface area contributed by atoms with Crippen LogP contribution in [0.5, 0.6) is 0 Å². The number of carbonyl (C=O) groups is 1. The second kappa shape index (κ2) is 5.54. The van der Waals surface area contributed by atoms with Crippen LogP contribution < -0.4 is 4.90 Å². The Morgan fingerprint density at radius 3 is 2.78 bits per heavy atom. The molecule has 0 atom stereocenters. The molecule has 0 fully saturated rings. The maximum absolute atomic E-state index is 11.8. The Hall–Kier alpha value is -1.33. The van der Waals surface area contributed by atoms with Gasteiger partial charge >= 0.3 is 0 Å². The lowest BCUT2D eigenvalue weighted by atomic mass is 10.2. The van der Waals surface area contributed by atoms with Crippen LogP contribution in [0.25, 0.3) is 0 Å². The average molecular weight is 312 g/mol. The Bertz CT molecular complexity index is 499. The number of rotatable bonds is 4. The van der Waals surface area contributed by atoms with Gasteiger partial charge in [0.2, 0.25) is 0 Å². The van der Waals surface area contributed by atoms with E-state index in [-0.39, 0.29) is 5.91 Å². The summed E-state index contributed by atoms with van der Waals surface area (Å²) >= 11 is 3.46. The zero-order chi connectivity index (χ0) is 13.1. The van der Waals surface area contributed by atoms with Crippen molar-refractivity contribution in [2.45, 2.75) is 6.61 Å². The predicted octanol–water partition coefficient (Wildman–Crippen LogP) is 2.47. The molecular formula is C13H14BrNO3. The van der Waals surface area contributed by atoms with Gasteiger partial charge < -0.3 is 14.4 Å². The number of ether oxygens (including phenoxy) is 2. The third-order valence-electron chi connectivity index (χ3n) is 2.77. The molecule has 96 valence electrons. The monoisotopic (exact) mass is 311 g/mol. The van der Waals surface area contributed by atoms with Crippen molar-refractivity contribution in [3.63, 3.8) is 0 Å². The normalized spacial score (nSPS) is 14.9. The third-order valence-corrected chi connectivity index (χ3v) is 3.54. The average Bonchev–Trinajstić information content (AvgIpc) is 2.74. The molecule has 0 aliphatic carbocycles. The van der Waals surface area contributed by atoms with E-state index in [1.165, 1.54) is 6.08 Å². The molecular weight excluding hydrogens is 298 g/mol. The highest BCUT2D eigenvalue weighted by molar-refractivity contribution is 9.10. The summed E-state index contributed by atoms with van der Waals surface area (Å²) < 4.78 is 11.2. The molecule has 0 radical (unpaired) electrons. The Morgan fingerprint density at radius 2 is 2.17 bits per heavy atom. The van der Waals surface area contributed by atoms with Gasteiger partial charge in [-0.05, 0) is 23.8 Å². The fourth-order valence-corrected chi connectivity index (χ4v) is 2.19. The number of hydrogen-bond donors (Lipinski definition) is 0. The quantitative estimate of drug-likeness (QED) is 0.857. The fourth-order valence-electron chi connectivity index (χ4n) is 1.83. The highest BCUT2D eigenvalue weighted by atomic mass is 79.9. The molecule has 0 spiro atoms. The lowest BCUT2D eigenvalue weighted by Gasteiger charge is -2.17. The molecule has 1 heterocycles. The summed E-state index contributed by atoms with van der Waals surface area (Å²) in [6.07, 6.45) is 1.51. The molecule has 0 bridgehead atoms. The summed E-state index contributed by atoms with van der Waals surface area (Å²) in [6.45, 7) is 0.977. The fraction of sp³-hybridized carbons (Fsp3) is 0.308. The van der Waals surface area contributed by atoms with Gasteiger partial charge in [0.05, 0.1) is 20.3 Å². The molecule has 0 unspecified atom stereocenters. The van der Waals surface area contributed by atoms with Crippen LogP contribution in [0.4, 0.5) is 5.69 Å². The Morgan fingerprint density at radius 1 is 1.39 bits per heavy atom. The van der Waals surface area contributed by atoms with Gasteiger partial charge in [-0.15, -0.1) is 0 Å². The van der Waals surface area contributed by atoms with Gasteiger partial charge in [0, 0.05) is 23.3 Å². The summed E-state index contributed by atoms with van der Waals surface area (Å²) in [5, 5.41) is 0. The van der Waals surface area contributed by atoms with Crippen molar-refractivity contribution >= 4 is 27.5 Å². The first kappa shape index (κ1) is 13.1. The number of benzene rings is 1. The van der Waals surface area contributed by atoms with Gasteiger partial charge in [-0.2, -0.15) is 0 Å². The maximum Gasteiger partial charge on any atom is 0.254 e. The first-order valence-electron chi connectivity index (χ1n) is 5.49. The van der Waals surface area contributed by atoms with E-state index in [9.17, 15) is 4.79 Å². The highest BCUT2D eigenvalue weighted by Gasteiger charge is 2.23. The van der Waals surface area contributed by atoms with E-state index in [1.54, 1.807) is 19.1 Å².